The molecule has 2 nitrogen and oxygen atoms in total. The van der Waals surface area contributed by atoms with Crippen LogP contribution in [-0.2, 0) is 9.53 Å². The van der Waals surface area contributed by atoms with Crippen molar-refractivity contribution in [3.8, 4) is 0 Å². The van der Waals surface area contributed by atoms with Gasteiger partial charge in [0.2, 0.25) is 0 Å². The van der Waals surface area contributed by atoms with Crippen molar-refractivity contribution in [2.45, 2.75) is 59.8 Å². The number of unbranched alkanes of at least 4 members (excludes halogenated alkanes) is 2. The van der Waals surface area contributed by atoms with E-state index in [0.717, 1.165) is 6.42 Å². The van der Waals surface area contributed by atoms with Crippen molar-refractivity contribution in [1.29, 1.82) is 0 Å². The predicted molar refractivity (Wildman–Crippen MR) is 59.2 cm³/mol. The fourth-order valence-electron chi connectivity index (χ4n) is 1.54. The highest BCUT2D eigenvalue weighted by molar-refractivity contribution is 5.70. The van der Waals surface area contributed by atoms with Crippen LogP contribution in [0.1, 0.15) is 59.8 Å². The maximum atomic E-state index is 11.3. The van der Waals surface area contributed by atoms with Gasteiger partial charge in [-0.2, -0.15) is 0 Å². The number of esters is 1. The van der Waals surface area contributed by atoms with Gasteiger partial charge in [0.15, 0.2) is 0 Å². The third kappa shape index (κ3) is 6.93. The highest BCUT2D eigenvalue weighted by atomic mass is 16.5. The van der Waals surface area contributed by atoms with Gasteiger partial charge < -0.3 is 4.74 Å². The van der Waals surface area contributed by atoms with Crippen LogP contribution in [0.5, 0.6) is 0 Å². The van der Waals surface area contributed by atoms with E-state index in [4.69, 9.17) is 4.74 Å². The molecule has 84 valence electrons. The molecule has 2 heteroatoms. The largest absolute Gasteiger partial charge is 0.466 e. The maximum absolute atomic E-state index is 11.3. The first-order valence-corrected chi connectivity index (χ1v) is 5.67. The number of carbonyl (C=O) groups is 1. The van der Waals surface area contributed by atoms with Crippen molar-refractivity contribution in [2.75, 3.05) is 6.61 Å². The molecule has 0 rings (SSSR count). The smallest absolute Gasteiger partial charge is 0.306 e. The van der Waals surface area contributed by atoms with Crippen LogP contribution in [0.4, 0.5) is 0 Å². The van der Waals surface area contributed by atoms with Crippen molar-refractivity contribution in [2.24, 2.45) is 5.41 Å². The first-order chi connectivity index (χ1) is 6.52. The summed E-state index contributed by atoms with van der Waals surface area (Å²) < 4.78 is 4.95. The molecule has 0 saturated heterocycles. The van der Waals surface area contributed by atoms with Crippen molar-refractivity contribution in [1.82, 2.24) is 0 Å². The lowest BCUT2D eigenvalue weighted by Crippen LogP contribution is -2.18. The fourth-order valence-corrected chi connectivity index (χ4v) is 1.54. The number of ether oxygens (including phenoxy) is 1. The lowest BCUT2D eigenvalue weighted by Gasteiger charge is -2.23. The minimum Gasteiger partial charge on any atom is -0.466 e. The van der Waals surface area contributed by atoms with Crippen molar-refractivity contribution in [3.63, 3.8) is 0 Å². The van der Waals surface area contributed by atoms with E-state index in [1.807, 2.05) is 6.92 Å². The van der Waals surface area contributed by atoms with E-state index in [1.165, 1.54) is 19.3 Å². The minimum atomic E-state index is -0.0611. The van der Waals surface area contributed by atoms with E-state index in [1.54, 1.807) is 0 Å². The van der Waals surface area contributed by atoms with E-state index in [9.17, 15) is 4.79 Å². The summed E-state index contributed by atoms with van der Waals surface area (Å²) >= 11 is 0. The summed E-state index contributed by atoms with van der Waals surface area (Å²) in [4.78, 5) is 11.3. The Morgan fingerprint density at radius 3 is 2.36 bits per heavy atom. The number of hydrogen-bond acceptors (Lipinski definition) is 2. The second-order valence-corrected chi connectivity index (χ2v) is 4.60. The summed E-state index contributed by atoms with van der Waals surface area (Å²) in [6.07, 6.45) is 5.36. The summed E-state index contributed by atoms with van der Waals surface area (Å²) in [5, 5.41) is 0. The molecule has 0 heterocycles. The first kappa shape index (κ1) is 13.5. The zero-order chi connectivity index (χ0) is 11.0. The lowest BCUT2D eigenvalue weighted by atomic mass is 9.84. The Balaban J connectivity index is 3.75. The molecule has 0 aromatic rings. The van der Waals surface area contributed by atoms with Gasteiger partial charge in [0.05, 0.1) is 13.0 Å². The SMILES string of the molecule is CCCCCC(C)(C)CC(=O)OCC. The summed E-state index contributed by atoms with van der Waals surface area (Å²) in [5.41, 5.74) is 0.0986. The van der Waals surface area contributed by atoms with Crippen LogP contribution in [0.3, 0.4) is 0 Å². The van der Waals surface area contributed by atoms with Crippen LogP contribution in [0.25, 0.3) is 0 Å². The molecular formula is C12H24O2. The monoisotopic (exact) mass is 200 g/mol. The molecule has 0 amide bonds. The Kier molecular flexibility index (Phi) is 6.60. The summed E-state index contributed by atoms with van der Waals surface area (Å²) in [5.74, 6) is -0.0611. The molecule has 0 aliphatic carbocycles. The molecule has 0 aromatic heterocycles. The normalized spacial score (nSPS) is 11.4. The number of carbonyl (C=O) groups excluding carboxylic acids is 1. The Bertz CT molecular complexity index is 162. The zero-order valence-electron chi connectivity index (χ0n) is 10.1. The van der Waals surface area contributed by atoms with Gasteiger partial charge in [-0.15, -0.1) is 0 Å². The summed E-state index contributed by atoms with van der Waals surface area (Å²) in [6, 6.07) is 0. The van der Waals surface area contributed by atoms with Gasteiger partial charge in [0, 0.05) is 0 Å². The Labute approximate surface area is 88.0 Å². The molecule has 14 heavy (non-hydrogen) atoms. The number of rotatable bonds is 7. The quantitative estimate of drug-likeness (QED) is 0.464. The third-order valence-corrected chi connectivity index (χ3v) is 2.39. The van der Waals surface area contributed by atoms with Gasteiger partial charge >= 0.3 is 5.97 Å². The van der Waals surface area contributed by atoms with E-state index < -0.39 is 0 Å². The summed E-state index contributed by atoms with van der Waals surface area (Å²) in [7, 11) is 0. The van der Waals surface area contributed by atoms with Crippen molar-refractivity contribution in [3.05, 3.63) is 0 Å². The van der Waals surface area contributed by atoms with Gasteiger partial charge in [0.25, 0.3) is 0 Å². The van der Waals surface area contributed by atoms with Crippen LogP contribution in [0.15, 0.2) is 0 Å². The molecule has 0 fully saturated rings. The second kappa shape index (κ2) is 6.86. The summed E-state index contributed by atoms with van der Waals surface area (Å²) in [6.45, 7) is 8.81. The molecule has 0 unspecified atom stereocenters. The van der Waals surface area contributed by atoms with E-state index in [-0.39, 0.29) is 11.4 Å². The topological polar surface area (TPSA) is 26.3 Å². The van der Waals surface area contributed by atoms with Crippen molar-refractivity contribution < 1.29 is 9.53 Å². The van der Waals surface area contributed by atoms with Gasteiger partial charge in [-0.05, 0) is 18.8 Å². The fraction of sp³-hybridized carbons (Fsp3) is 0.917. The Morgan fingerprint density at radius 2 is 1.86 bits per heavy atom. The molecule has 0 spiro atoms. The Morgan fingerprint density at radius 1 is 1.21 bits per heavy atom. The molecule has 0 saturated carbocycles. The van der Waals surface area contributed by atoms with Gasteiger partial charge in [0.1, 0.15) is 0 Å². The molecule has 0 aliphatic rings. The average molecular weight is 200 g/mol. The molecule has 0 aliphatic heterocycles. The molecule has 0 aromatic carbocycles. The predicted octanol–water partition coefficient (Wildman–Crippen LogP) is 3.55. The van der Waals surface area contributed by atoms with E-state index >= 15 is 0 Å². The van der Waals surface area contributed by atoms with Gasteiger partial charge in [-0.3, -0.25) is 4.79 Å². The lowest BCUT2D eigenvalue weighted by molar-refractivity contribution is -0.145. The van der Waals surface area contributed by atoms with Crippen LogP contribution >= 0.6 is 0 Å². The Hall–Kier alpha value is -0.530. The van der Waals surface area contributed by atoms with Crippen LogP contribution in [0.2, 0.25) is 0 Å². The molecule has 0 radical (unpaired) electrons. The second-order valence-electron chi connectivity index (χ2n) is 4.60. The highest BCUT2D eigenvalue weighted by Crippen LogP contribution is 2.28. The van der Waals surface area contributed by atoms with E-state index in [0.29, 0.717) is 13.0 Å². The van der Waals surface area contributed by atoms with Gasteiger partial charge in [-0.1, -0.05) is 40.0 Å². The molecule has 0 atom stereocenters. The van der Waals surface area contributed by atoms with E-state index in [2.05, 4.69) is 20.8 Å². The van der Waals surface area contributed by atoms with Gasteiger partial charge in [-0.25, -0.2) is 0 Å². The van der Waals surface area contributed by atoms with Crippen LogP contribution in [0, 0.1) is 5.41 Å². The minimum absolute atomic E-state index is 0.0611. The molecular weight excluding hydrogens is 176 g/mol. The third-order valence-electron chi connectivity index (χ3n) is 2.39. The molecule has 0 N–H and O–H groups in total. The first-order valence-electron chi connectivity index (χ1n) is 5.67. The highest BCUT2D eigenvalue weighted by Gasteiger charge is 2.21. The zero-order valence-corrected chi connectivity index (χ0v) is 10.1. The number of hydrogen-bond donors (Lipinski definition) is 0. The standard InChI is InChI=1S/C12H24O2/c1-5-7-8-9-12(3,4)10-11(13)14-6-2/h5-10H2,1-4H3. The average Bonchev–Trinajstić information content (AvgIpc) is 2.03. The maximum Gasteiger partial charge on any atom is 0.306 e. The van der Waals surface area contributed by atoms with Crippen molar-refractivity contribution >= 4 is 5.97 Å². The molecule has 0 bridgehead atoms. The van der Waals surface area contributed by atoms with Crippen LogP contribution < -0.4 is 0 Å². The van der Waals surface area contributed by atoms with Crippen LogP contribution in [-0.4, -0.2) is 12.6 Å².